The summed E-state index contributed by atoms with van der Waals surface area (Å²) in [6.07, 6.45) is 2.49. The highest BCUT2D eigenvalue weighted by Gasteiger charge is 2.14. The largest absolute Gasteiger partial charge is 0.351 e. The Labute approximate surface area is 156 Å². The minimum Gasteiger partial charge on any atom is -0.351 e. The average Bonchev–Trinajstić information content (AvgIpc) is 3.15. The number of amides is 1. The van der Waals surface area contributed by atoms with Crippen LogP contribution in [0.2, 0.25) is 0 Å². The summed E-state index contributed by atoms with van der Waals surface area (Å²) in [5, 5.41) is 2.87. The molecule has 2 aromatic rings. The second kappa shape index (κ2) is 9.14. The Morgan fingerprint density at radius 1 is 1.08 bits per heavy atom. The SMILES string of the molecule is O=C(CSc1cc(F)ccc1F)NCc1ccccc1CN1CCCC1. The molecule has 0 saturated carbocycles. The van der Waals surface area contributed by atoms with E-state index < -0.39 is 11.6 Å². The summed E-state index contributed by atoms with van der Waals surface area (Å²) in [6.45, 7) is 3.58. The van der Waals surface area contributed by atoms with Gasteiger partial charge in [-0.05, 0) is 55.3 Å². The number of thioether (sulfide) groups is 1. The summed E-state index contributed by atoms with van der Waals surface area (Å²) in [5.41, 5.74) is 2.31. The van der Waals surface area contributed by atoms with Gasteiger partial charge < -0.3 is 5.32 Å². The van der Waals surface area contributed by atoms with E-state index in [0.29, 0.717) is 6.54 Å². The normalized spacial score (nSPS) is 14.5. The van der Waals surface area contributed by atoms with Crippen molar-refractivity contribution >= 4 is 17.7 Å². The molecule has 0 bridgehead atoms. The van der Waals surface area contributed by atoms with E-state index in [1.54, 1.807) is 0 Å². The van der Waals surface area contributed by atoms with Crippen LogP contribution >= 0.6 is 11.8 Å². The van der Waals surface area contributed by atoms with Gasteiger partial charge in [0.2, 0.25) is 5.91 Å². The van der Waals surface area contributed by atoms with Crippen LogP contribution in [0.4, 0.5) is 8.78 Å². The Kier molecular flexibility index (Phi) is 6.63. The van der Waals surface area contributed by atoms with Gasteiger partial charge in [0.05, 0.1) is 5.75 Å². The van der Waals surface area contributed by atoms with Gasteiger partial charge in [-0.3, -0.25) is 9.69 Å². The Balaban J connectivity index is 1.52. The van der Waals surface area contributed by atoms with Gasteiger partial charge in [-0.1, -0.05) is 24.3 Å². The fourth-order valence-electron chi connectivity index (χ4n) is 3.04. The van der Waals surface area contributed by atoms with Crippen molar-refractivity contribution < 1.29 is 13.6 Å². The number of carbonyl (C=O) groups excluding carboxylic acids is 1. The lowest BCUT2D eigenvalue weighted by Gasteiger charge is -2.17. The monoisotopic (exact) mass is 376 g/mol. The smallest absolute Gasteiger partial charge is 0.230 e. The summed E-state index contributed by atoms with van der Waals surface area (Å²) in [7, 11) is 0. The first-order chi connectivity index (χ1) is 12.6. The number of likely N-dealkylation sites (tertiary alicyclic amines) is 1. The first-order valence-corrected chi connectivity index (χ1v) is 9.74. The molecule has 2 aromatic carbocycles. The molecule has 1 N–H and O–H groups in total. The molecule has 1 fully saturated rings. The van der Waals surface area contributed by atoms with Crippen LogP contribution in [-0.2, 0) is 17.9 Å². The molecular weight excluding hydrogens is 354 g/mol. The third-order valence-corrected chi connectivity index (χ3v) is 5.47. The fraction of sp³-hybridized carbons (Fsp3) is 0.350. The van der Waals surface area contributed by atoms with Gasteiger partial charge in [0.15, 0.2) is 0 Å². The van der Waals surface area contributed by atoms with E-state index in [4.69, 9.17) is 0 Å². The number of hydrogen-bond donors (Lipinski definition) is 1. The van der Waals surface area contributed by atoms with Gasteiger partial charge in [-0.2, -0.15) is 0 Å². The van der Waals surface area contributed by atoms with Crippen LogP contribution in [0.25, 0.3) is 0 Å². The topological polar surface area (TPSA) is 32.3 Å². The van der Waals surface area contributed by atoms with E-state index in [2.05, 4.69) is 16.3 Å². The number of hydrogen-bond acceptors (Lipinski definition) is 3. The van der Waals surface area contributed by atoms with Crippen molar-refractivity contribution in [2.45, 2.75) is 30.8 Å². The third-order valence-electron chi connectivity index (χ3n) is 4.44. The van der Waals surface area contributed by atoms with Gasteiger partial charge in [0.1, 0.15) is 11.6 Å². The number of halogens is 2. The van der Waals surface area contributed by atoms with E-state index in [-0.39, 0.29) is 16.6 Å². The second-order valence-electron chi connectivity index (χ2n) is 6.39. The molecule has 1 saturated heterocycles. The van der Waals surface area contributed by atoms with Crippen LogP contribution in [0.1, 0.15) is 24.0 Å². The lowest BCUT2D eigenvalue weighted by molar-refractivity contribution is -0.118. The van der Waals surface area contributed by atoms with Crippen LogP contribution in [0, 0.1) is 11.6 Å². The lowest BCUT2D eigenvalue weighted by atomic mass is 10.1. The summed E-state index contributed by atoms with van der Waals surface area (Å²) in [6, 6.07) is 11.3. The number of carbonyl (C=O) groups is 1. The summed E-state index contributed by atoms with van der Waals surface area (Å²) in [4.78, 5) is 14.7. The maximum atomic E-state index is 13.6. The van der Waals surface area contributed by atoms with E-state index in [0.717, 1.165) is 55.2 Å². The average molecular weight is 376 g/mol. The minimum absolute atomic E-state index is 0.0503. The second-order valence-corrected chi connectivity index (χ2v) is 7.41. The first kappa shape index (κ1) is 18.9. The quantitative estimate of drug-likeness (QED) is 0.742. The fourth-order valence-corrected chi connectivity index (χ4v) is 3.83. The van der Waals surface area contributed by atoms with Gasteiger partial charge in [-0.15, -0.1) is 11.8 Å². The standard InChI is InChI=1S/C20H22F2N2OS/c21-17-7-8-18(22)19(11-17)26-14-20(25)23-12-15-5-1-2-6-16(15)13-24-9-3-4-10-24/h1-2,5-8,11H,3-4,9-10,12-14H2,(H,23,25). The maximum absolute atomic E-state index is 13.6. The van der Waals surface area contributed by atoms with Crippen molar-refractivity contribution in [3.8, 4) is 0 Å². The number of rotatable bonds is 7. The van der Waals surface area contributed by atoms with Crippen LogP contribution in [0.5, 0.6) is 0 Å². The highest BCUT2D eigenvalue weighted by atomic mass is 32.2. The summed E-state index contributed by atoms with van der Waals surface area (Å²) >= 11 is 1.000. The van der Waals surface area contributed by atoms with E-state index in [1.807, 2.05) is 18.2 Å². The zero-order valence-electron chi connectivity index (χ0n) is 14.5. The molecule has 3 rings (SSSR count). The van der Waals surface area contributed by atoms with Crippen molar-refractivity contribution in [3.63, 3.8) is 0 Å². The highest BCUT2D eigenvalue weighted by Crippen LogP contribution is 2.22. The molecule has 0 aliphatic carbocycles. The molecule has 0 aromatic heterocycles. The van der Waals surface area contributed by atoms with Crippen molar-refractivity contribution in [1.29, 1.82) is 0 Å². The molecule has 0 unspecified atom stereocenters. The minimum atomic E-state index is -0.514. The maximum Gasteiger partial charge on any atom is 0.230 e. The van der Waals surface area contributed by atoms with E-state index in [9.17, 15) is 13.6 Å². The number of benzene rings is 2. The molecule has 138 valence electrons. The van der Waals surface area contributed by atoms with Crippen LogP contribution in [0.15, 0.2) is 47.4 Å². The Morgan fingerprint density at radius 3 is 2.58 bits per heavy atom. The molecule has 26 heavy (non-hydrogen) atoms. The zero-order valence-corrected chi connectivity index (χ0v) is 15.3. The Bertz CT molecular complexity index is 763. The highest BCUT2D eigenvalue weighted by molar-refractivity contribution is 8.00. The van der Waals surface area contributed by atoms with Gasteiger partial charge in [0.25, 0.3) is 0 Å². The molecule has 0 atom stereocenters. The molecule has 0 spiro atoms. The Hall–Kier alpha value is -1.92. The lowest BCUT2D eigenvalue weighted by Crippen LogP contribution is -2.26. The number of nitrogens with one attached hydrogen (secondary N) is 1. The van der Waals surface area contributed by atoms with E-state index >= 15 is 0 Å². The van der Waals surface area contributed by atoms with Crippen molar-refractivity contribution in [3.05, 3.63) is 65.2 Å². The van der Waals surface area contributed by atoms with Gasteiger partial charge in [0, 0.05) is 18.0 Å². The Morgan fingerprint density at radius 2 is 1.81 bits per heavy atom. The van der Waals surface area contributed by atoms with Crippen LogP contribution in [-0.4, -0.2) is 29.6 Å². The van der Waals surface area contributed by atoms with Crippen LogP contribution in [0.3, 0.4) is 0 Å². The summed E-state index contributed by atoms with van der Waals surface area (Å²) < 4.78 is 26.8. The molecule has 1 aliphatic rings. The molecule has 3 nitrogen and oxygen atoms in total. The molecular formula is C20H22F2N2OS. The zero-order chi connectivity index (χ0) is 18.4. The predicted octanol–water partition coefficient (Wildman–Crippen LogP) is 3.97. The van der Waals surface area contributed by atoms with Crippen molar-refractivity contribution in [2.24, 2.45) is 0 Å². The third kappa shape index (κ3) is 5.29. The molecule has 1 heterocycles. The van der Waals surface area contributed by atoms with Gasteiger partial charge in [-0.25, -0.2) is 8.78 Å². The van der Waals surface area contributed by atoms with E-state index in [1.165, 1.54) is 18.4 Å². The van der Waals surface area contributed by atoms with Gasteiger partial charge >= 0.3 is 0 Å². The van der Waals surface area contributed by atoms with Crippen LogP contribution < -0.4 is 5.32 Å². The molecule has 1 aliphatic heterocycles. The predicted molar refractivity (Wildman–Crippen MR) is 99.9 cm³/mol. The molecule has 6 heteroatoms. The van der Waals surface area contributed by atoms with Crippen molar-refractivity contribution in [1.82, 2.24) is 10.2 Å². The van der Waals surface area contributed by atoms with Crippen molar-refractivity contribution in [2.75, 3.05) is 18.8 Å². The summed E-state index contributed by atoms with van der Waals surface area (Å²) in [5.74, 6) is -1.17. The number of nitrogens with zero attached hydrogens (tertiary/aromatic N) is 1. The molecule has 0 radical (unpaired) electrons. The molecule has 1 amide bonds. The first-order valence-electron chi connectivity index (χ1n) is 8.75.